The van der Waals surface area contributed by atoms with Crippen LogP contribution in [0.15, 0.2) is 72.8 Å². The highest BCUT2D eigenvalue weighted by Gasteiger charge is 1.90. The minimum Gasteiger partial charge on any atom is -0.512 e. The van der Waals surface area contributed by atoms with Gasteiger partial charge in [0.15, 0.2) is 5.76 Å². The van der Waals surface area contributed by atoms with Crippen molar-refractivity contribution >= 4 is 0 Å². The molecule has 0 aromatic heterocycles. The Hall–Kier alpha value is -1.96. The van der Waals surface area contributed by atoms with Crippen LogP contribution in [-0.2, 0) is 4.74 Å². The van der Waals surface area contributed by atoms with Gasteiger partial charge in [-0.1, -0.05) is 107 Å². The molecule has 146 valence electrons. The molecule has 0 aromatic rings. The molecule has 0 aromatic carbocycles. The minimum atomic E-state index is 0.461. The van der Waals surface area contributed by atoms with Crippen molar-refractivity contribution in [2.75, 3.05) is 6.61 Å². The van der Waals surface area contributed by atoms with Crippen LogP contribution in [0.1, 0.15) is 71.6 Å². The van der Waals surface area contributed by atoms with Crippen LogP contribution < -0.4 is 0 Å². The SMILES string of the molecule is CCCCCCCCCC/C=C/C=C/C=C/C=C/C=C/C(=C\O)OCC. The van der Waals surface area contributed by atoms with E-state index in [-0.39, 0.29) is 0 Å². The van der Waals surface area contributed by atoms with Crippen LogP contribution in [0.4, 0.5) is 0 Å². The maximum Gasteiger partial charge on any atom is 0.153 e. The van der Waals surface area contributed by atoms with Gasteiger partial charge in [-0.2, -0.15) is 0 Å². The lowest BCUT2D eigenvalue weighted by atomic mass is 10.1. The molecule has 0 aliphatic carbocycles. The highest BCUT2D eigenvalue weighted by Crippen LogP contribution is 2.09. The van der Waals surface area contributed by atoms with Gasteiger partial charge >= 0.3 is 0 Å². The topological polar surface area (TPSA) is 29.5 Å². The Labute approximate surface area is 161 Å². The van der Waals surface area contributed by atoms with E-state index in [9.17, 15) is 0 Å². The number of rotatable bonds is 16. The molecular weight excluding hydrogens is 320 g/mol. The fraction of sp³-hybridized carbons (Fsp3) is 0.500. The zero-order chi connectivity index (χ0) is 19.1. The highest BCUT2D eigenvalue weighted by atomic mass is 16.5. The summed E-state index contributed by atoms with van der Waals surface area (Å²) in [5.74, 6) is 0.461. The Morgan fingerprint density at radius 2 is 1.23 bits per heavy atom. The van der Waals surface area contributed by atoms with Crippen molar-refractivity contribution in [2.45, 2.75) is 71.6 Å². The Morgan fingerprint density at radius 3 is 1.81 bits per heavy atom. The second-order valence-electron chi connectivity index (χ2n) is 6.17. The van der Waals surface area contributed by atoms with E-state index in [1.807, 2.05) is 43.4 Å². The molecule has 1 N–H and O–H groups in total. The van der Waals surface area contributed by atoms with Gasteiger partial charge in [-0.05, 0) is 25.8 Å². The van der Waals surface area contributed by atoms with Crippen LogP contribution in [0.3, 0.4) is 0 Å². The van der Waals surface area contributed by atoms with Crippen molar-refractivity contribution < 1.29 is 9.84 Å². The van der Waals surface area contributed by atoms with Gasteiger partial charge in [0, 0.05) is 0 Å². The van der Waals surface area contributed by atoms with E-state index in [1.54, 1.807) is 6.08 Å². The first-order chi connectivity index (χ1) is 12.8. The van der Waals surface area contributed by atoms with E-state index in [2.05, 4.69) is 25.2 Å². The van der Waals surface area contributed by atoms with Crippen LogP contribution in [0.25, 0.3) is 0 Å². The zero-order valence-corrected chi connectivity index (χ0v) is 16.8. The third-order valence-electron chi connectivity index (χ3n) is 3.84. The number of hydrogen-bond donors (Lipinski definition) is 1. The molecule has 0 unspecified atom stereocenters. The molecular formula is C24H38O2. The van der Waals surface area contributed by atoms with E-state index < -0.39 is 0 Å². The predicted octanol–water partition coefficient (Wildman–Crippen LogP) is 7.73. The van der Waals surface area contributed by atoms with E-state index in [0.29, 0.717) is 12.4 Å². The summed E-state index contributed by atoms with van der Waals surface area (Å²) in [7, 11) is 0. The lowest BCUT2D eigenvalue weighted by Crippen LogP contribution is -1.87. The minimum absolute atomic E-state index is 0.461. The summed E-state index contributed by atoms with van der Waals surface area (Å²) < 4.78 is 5.18. The molecule has 0 saturated carbocycles. The lowest BCUT2D eigenvalue weighted by molar-refractivity contribution is 0.229. The third kappa shape index (κ3) is 18.4. The summed E-state index contributed by atoms with van der Waals surface area (Å²) in [6.45, 7) is 4.69. The van der Waals surface area contributed by atoms with E-state index >= 15 is 0 Å². The van der Waals surface area contributed by atoms with Crippen LogP contribution >= 0.6 is 0 Å². The predicted molar refractivity (Wildman–Crippen MR) is 115 cm³/mol. The molecule has 26 heavy (non-hydrogen) atoms. The fourth-order valence-electron chi connectivity index (χ4n) is 2.40. The van der Waals surface area contributed by atoms with Crippen molar-refractivity contribution in [1.82, 2.24) is 0 Å². The first kappa shape index (κ1) is 24.0. The first-order valence-corrected chi connectivity index (χ1v) is 10.2. The Bertz CT molecular complexity index is 465. The normalized spacial score (nSPS) is 13.4. The van der Waals surface area contributed by atoms with Gasteiger partial charge in [-0.3, -0.25) is 0 Å². The van der Waals surface area contributed by atoms with Crippen molar-refractivity contribution in [3.05, 3.63) is 72.8 Å². The molecule has 0 radical (unpaired) electrons. The second-order valence-corrected chi connectivity index (χ2v) is 6.17. The van der Waals surface area contributed by atoms with Crippen LogP contribution in [-0.4, -0.2) is 11.7 Å². The summed E-state index contributed by atoms with van der Waals surface area (Å²) in [5, 5.41) is 8.91. The molecule has 0 saturated heterocycles. The van der Waals surface area contributed by atoms with E-state index in [4.69, 9.17) is 9.84 Å². The molecule has 0 amide bonds. The lowest BCUT2D eigenvalue weighted by Gasteiger charge is -1.99. The molecule has 0 aliphatic rings. The molecule has 0 fully saturated rings. The summed E-state index contributed by atoms with van der Waals surface area (Å²) in [5.41, 5.74) is 0. The van der Waals surface area contributed by atoms with E-state index in [0.717, 1.165) is 6.26 Å². The average molecular weight is 359 g/mol. The van der Waals surface area contributed by atoms with Gasteiger partial charge in [-0.25, -0.2) is 0 Å². The summed E-state index contributed by atoms with van der Waals surface area (Å²) in [6.07, 6.45) is 32.9. The van der Waals surface area contributed by atoms with Gasteiger partial charge in [0.25, 0.3) is 0 Å². The van der Waals surface area contributed by atoms with Crippen molar-refractivity contribution in [1.29, 1.82) is 0 Å². The van der Waals surface area contributed by atoms with Crippen molar-refractivity contribution in [2.24, 2.45) is 0 Å². The molecule has 0 bridgehead atoms. The Morgan fingerprint density at radius 1 is 0.692 bits per heavy atom. The molecule has 0 aliphatic heterocycles. The van der Waals surface area contributed by atoms with Crippen molar-refractivity contribution in [3.63, 3.8) is 0 Å². The number of unbranched alkanes of at least 4 members (excludes halogenated alkanes) is 8. The summed E-state index contributed by atoms with van der Waals surface area (Å²) in [4.78, 5) is 0. The number of ether oxygens (including phenoxy) is 1. The molecule has 2 nitrogen and oxygen atoms in total. The third-order valence-corrected chi connectivity index (χ3v) is 3.84. The highest BCUT2D eigenvalue weighted by molar-refractivity contribution is 5.20. The Kier molecular flexibility index (Phi) is 19.5. The van der Waals surface area contributed by atoms with Crippen LogP contribution in [0.5, 0.6) is 0 Å². The summed E-state index contributed by atoms with van der Waals surface area (Å²) in [6, 6.07) is 0. The largest absolute Gasteiger partial charge is 0.512 e. The molecule has 0 heterocycles. The van der Waals surface area contributed by atoms with Gasteiger partial charge < -0.3 is 9.84 Å². The van der Waals surface area contributed by atoms with Crippen LogP contribution in [0, 0.1) is 0 Å². The number of allylic oxidation sites excluding steroid dienone is 10. The van der Waals surface area contributed by atoms with Gasteiger partial charge in [0.05, 0.1) is 6.61 Å². The average Bonchev–Trinajstić information content (AvgIpc) is 2.66. The standard InChI is InChI=1S/C24H38O2/c1-3-5-6-7-8-9-10-11-12-13-14-15-16-17-18-19-20-21-22-24(23-25)26-4-2/h13-23,25H,3-12H2,1-2H3/b14-13+,16-15+,18-17+,20-19+,22-21+,24-23+. The number of aliphatic hydroxyl groups is 1. The maximum absolute atomic E-state index is 8.91. The number of aliphatic hydroxyl groups excluding tert-OH is 1. The Balaban J connectivity index is 3.64. The molecule has 0 rings (SSSR count). The maximum atomic E-state index is 8.91. The summed E-state index contributed by atoms with van der Waals surface area (Å²) >= 11 is 0. The molecule has 0 atom stereocenters. The molecule has 2 heteroatoms. The second kappa shape index (κ2) is 21.1. The number of hydrogen-bond acceptors (Lipinski definition) is 2. The van der Waals surface area contributed by atoms with Gasteiger partial charge in [0.1, 0.15) is 6.26 Å². The van der Waals surface area contributed by atoms with Crippen molar-refractivity contribution in [3.8, 4) is 0 Å². The molecule has 0 spiro atoms. The fourth-order valence-corrected chi connectivity index (χ4v) is 2.40. The quantitative estimate of drug-likeness (QED) is 0.174. The monoisotopic (exact) mass is 358 g/mol. The van der Waals surface area contributed by atoms with E-state index in [1.165, 1.54) is 57.8 Å². The first-order valence-electron chi connectivity index (χ1n) is 10.2. The van der Waals surface area contributed by atoms with Gasteiger partial charge in [-0.15, -0.1) is 0 Å². The van der Waals surface area contributed by atoms with Crippen LogP contribution in [0.2, 0.25) is 0 Å². The van der Waals surface area contributed by atoms with Gasteiger partial charge in [0.2, 0.25) is 0 Å². The smallest absolute Gasteiger partial charge is 0.153 e. The zero-order valence-electron chi connectivity index (χ0n) is 16.8.